The number of para-hydroxylation sites is 1. The lowest BCUT2D eigenvalue weighted by molar-refractivity contribution is -0.132. The molecule has 132 valence electrons. The van der Waals surface area contributed by atoms with Gasteiger partial charge < -0.3 is 14.5 Å². The lowest BCUT2D eigenvalue weighted by Gasteiger charge is -2.39. The molecule has 1 aromatic carbocycles. The lowest BCUT2D eigenvalue weighted by atomic mass is 9.79. The normalized spacial score (nSPS) is 21.0. The molecule has 0 saturated carbocycles. The van der Waals surface area contributed by atoms with Gasteiger partial charge in [-0.1, -0.05) is 18.2 Å². The summed E-state index contributed by atoms with van der Waals surface area (Å²) in [5.74, 6) is 2.73. The topological polar surface area (TPSA) is 32.8 Å². The molecule has 0 aliphatic carbocycles. The zero-order valence-corrected chi connectivity index (χ0v) is 15.0. The van der Waals surface area contributed by atoms with Crippen molar-refractivity contribution >= 4 is 5.91 Å². The summed E-state index contributed by atoms with van der Waals surface area (Å²) < 4.78 is 5.36. The molecule has 2 aliphatic rings. The van der Waals surface area contributed by atoms with Crippen molar-refractivity contribution in [2.75, 3.05) is 40.3 Å². The van der Waals surface area contributed by atoms with Crippen molar-refractivity contribution < 1.29 is 9.53 Å². The number of hydrogen-bond donors (Lipinski definition) is 0. The Balaban J connectivity index is 1.50. The van der Waals surface area contributed by atoms with Crippen molar-refractivity contribution in [2.24, 2.45) is 11.8 Å². The number of nitrogens with zero attached hydrogens (tertiary/aromatic N) is 2. The highest BCUT2D eigenvalue weighted by Gasteiger charge is 2.30. The van der Waals surface area contributed by atoms with Crippen LogP contribution >= 0.6 is 0 Å². The molecule has 1 aromatic rings. The fourth-order valence-corrected chi connectivity index (χ4v) is 4.24. The molecule has 0 aromatic heterocycles. The van der Waals surface area contributed by atoms with Crippen LogP contribution in [0.1, 0.15) is 31.2 Å². The van der Waals surface area contributed by atoms with E-state index >= 15 is 0 Å². The van der Waals surface area contributed by atoms with Gasteiger partial charge in [0.05, 0.1) is 13.5 Å². The van der Waals surface area contributed by atoms with Gasteiger partial charge in [-0.25, -0.2) is 0 Å². The van der Waals surface area contributed by atoms with Crippen LogP contribution in [-0.4, -0.2) is 56.0 Å². The summed E-state index contributed by atoms with van der Waals surface area (Å²) in [6.45, 7) is 4.31. The van der Waals surface area contributed by atoms with Gasteiger partial charge in [-0.05, 0) is 63.7 Å². The summed E-state index contributed by atoms with van der Waals surface area (Å²) in [6.07, 6.45) is 5.45. The highest BCUT2D eigenvalue weighted by molar-refractivity contribution is 5.79. The number of benzene rings is 1. The first-order valence-electron chi connectivity index (χ1n) is 9.25. The van der Waals surface area contributed by atoms with Crippen LogP contribution in [0.5, 0.6) is 5.75 Å². The van der Waals surface area contributed by atoms with Crippen LogP contribution < -0.4 is 4.74 Å². The first kappa shape index (κ1) is 17.3. The maximum atomic E-state index is 12.6. The van der Waals surface area contributed by atoms with Crippen LogP contribution in [0.3, 0.4) is 0 Å². The molecular weight excluding hydrogens is 300 g/mol. The molecule has 2 saturated heterocycles. The van der Waals surface area contributed by atoms with Crippen molar-refractivity contribution in [3.8, 4) is 5.75 Å². The van der Waals surface area contributed by atoms with E-state index in [1.54, 1.807) is 7.11 Å². The van der Waals surface area contributed by atoms with E-state index in [9.17, 15) is 4.79 Å². The summed E-state index contributed by atoms with van der Waals surface area (Å²) in [5.41, 5.74) is 0.988. The monoisotopic (exact) mass is 330 g/mol. The zero-order chi connectivity index (χ0) is 16.9. The number of amides is 1. The van der Waals surface area contributed by atoms with Crippen LogP contribution in [-0.2, 0) is 11.2 Å². The van der Waals surface area contributed by atoms with Crippen molar-refractivity contribution in [1.82, 2.24) is 9.80 Å². The molecule has 2 heterocycles. The molecule has 0 atom stereocenters. The Hall–Kier alpha value is -1.55. The number of ether oxygens (including phenoxy) is 1. The van der Waals surface area contributed by atoms with Gasteiger partial charge in [0.2, 0.25) is 5.91 Å². The van der Waals surface area contributed by atoms with Gasteiger partial charge >= 0.3 is 0 Å². The number of rotatable bonds is 4. The molecule has 4 heteroatoms. The summed E-state index contributed by atoms with van der Waals surface area (Å²) in [6, 6.07) is 7.83. The molecule has 3 rings (SSSR count). The maximum Gasteiger partial charge on any atom is 0.227 e. The third-order valence-corrected chi connectivity index (χ3v) is 5.86. The SMILES string of the molecule is COc1ccccc1CC(=O)N1CCC(C2CCN(C)CC2)CC1. The number of methoxy groups -OCH3 is 1. The average molecular weight is 330 g/mol. The molecule has 2 fully saturated rings. The number of piperidine rings is 2. The van der Waals surface area contributed by atoms with E-state index in [-0.39, 0.29) is 5.91 Å². The van der Waals surface area contributed by atoms with Crippen LogP contribution in [0.4, 0.5) is 0 Å². The Kier molecular flexibility index (Phi) is 5.77. The van der Waals surface area contributed by atoms with E-state index in [1.807, 2.05) is 24.3 Å². The van der Waals surface area contributed by atoms with E-state index in [4.69, 9.17) is 4.74 Å². The summed E-state index contributed by atoms with van der Waals surface area (Å²) in [7, 11) is 3.88. The zero-order valence-electron chi connectivity index (χ0n) is 15.0. The summed E-state index contributed by atoms with van der Waals surface area (Å²) in [4.78, 5) is 17.1. The van der Waals surface area contributed by atoms with Gasteiger partial charge in [0.1, 0.15) is 5.75 Å². The van der Waals surface area contributed by atoms with Crippen LogP contribution in [0.25, 0.3) is 0 Å². The Morgan fingerprint density at radius 3 is 2.25 bits per heavy atom. The van der Waals surface area contributed by atoms with Gasteiger partial charge in [0.15, 0.2) is 0 Å². The summed E-state index contributed by atoms with van der Waals surface area (Å²) in [5, 5.41) is 0. The first-order valence-corrected chi connectivity index (χ1v) is 9.25. The van der Waals surface area contributed by atoms with Crippen molar-refractivity contribution in [2.45, 2.75) is 32.1 Å². The van der Waals surface area contributed by atoms with Crippen molar-refractivity contribution in [3.05, 3.63) is 29.8 Å². The Labute approximate surface area is 145 Å². The smallest absolute Gasteiger partial charge is 0.227 e. The van der Waals surface area contributed by atoms with Crippen LogP contribution in [0.2, 0.25) is 0 Å². The third kappa shape index (κ3) is 4.10. The predicted molar refractivity (Wildman–Crippen MR) is 96.2 cm³/mol. The van der Waals surface area contributed by atoms with E-state index in [1.165, 1.54) is 38.8 Å². The van der Waals surface area contributed by atoms with Gasteiger partial charge in [0.25, 0.3) is 0 Å². The molecule has 0 N–H and O–H groups in total. The highest BCUT2D eigenvalue weighted by atomic mass is 16.5. The fraction of sp³-hybridized carbons (Fsp3) is 0.650. The number of carbonyl (C=O) groups excluding carboxylic acids is 1. The molecule has 0 radical (unpaired) electrons. The van der Waals surface area contributed by atoms with Gasteiger partial charge in [0, 0.05) is 18.7 Å². The molecule has 2 aliphatic heterocycles. The fourth-order valence-electron chi connectivity index (χ4n) is 4.24. The number of carbonyl (C=O) groups is 1. The second-order valence-electron chi connectivity index (χ2n) is 7.35. The molecule has 24 heavy (non-hydrogen) atoms. The Morgan fingerprint density at radius 1 is 1.04 bits per heavy atom. The molecule has 0 bridgehead atoms. The van der Waals surface area contributed by atoms with Crippen LogP contribution in [0, 0.1) is 11.8 Å². The predicted octanol–water partition coefficient (Wildman–Crippen LogP) is 2.82. The first-order chi connectivity index (χ1) is 11.7. The van der Waals surface area contributed by atoms with Crippen molar-refractivity contribution in [1.29, 1.82) is 0 Å². The minimum Gasteiger partial charge on any atom is -0.496 e. The second kappa shape index (κ2) is 8.02. The van der Waals surface area contributed by atoms with Gasteiger partial charge in [-0.2, -0.15) is 0 Å². The lowest BCUT2D eigenvalue weighted by Crippen LogP contribution is -2.42. The van der Waals surface area contributed by atoms with E-state index < -0.39 is 0 Å². The molecule has 0 unspecified atom stereocenters. The van der Waals surface area contributed by atoms with Gasteiger partial charge in [-0.3, -0.25) is 4.79 Å². The van der Waals surface area contributed by atoms with Gasteiger partial charge in [-0.15, -0.1) is 0 Å². The largest absolute Gasteiger partial charge is 0.496 e. The summed E-state index contributed by atoms with van der Waals surface area (Å²) >= 11 is 0. The maximum absolute atomic E-state index is 12.6. The van der Waals surface area contributed by atoms with E-state index in [2.05, 4.69) is 16.8 Å². The van der Waals surface area contributed by atoms with E-state index in [0.29, 0.717) is 6.42 Å². The van der Waals surface area contributed by atoms with E-state index in [0.717, 1.165) is 36.2 Å². The molecule has 1 amide bonds. The molecule has 0 spiro atoms. The minimum absolute atomic E-state index is 0.237. The Morgan fingerprint density at radius 2 is 1.62 bits per heavy atom. The number of likely N-dealkylation sites (tertiary alicyclic amines) is 2. The number of hydrogen-bond acceptors (Lipinski definition) is 3. The molecule has 4 nitrogen and oxygen atoms in total. The quantitative estimate of drug-likeness (QED) is 0.851. The standard InChI is InChI=1S/C20H30N2O2/c1-21-11-7-16(8-12-21)17-9-13-22(14-10-17)20(23)15-18-5-3-4-6-19(18)24-2/h3-6,16-17H,7-15H2,1-2H3. The van der Waals surface area contributed by atoms with Crippen LogP contribution in [0.15, 0.2) is 24.3 Å². The second-order valence-corrected chi connectivity index (χ2v) is 7.35. The third-order valence-electron chi connectivity index (χ3n) is 5.86. The minimum atomic E-state index is 0.237. The highest BCUT2D eigenvalue weighted by Crippen LogP contribution is 2.32. The van der Waals surface area contributed by atoms with Crippen molar-refractivity contribution in [3.63, 3.8) is 0 Å². The average Bonchev–Trinajstić information content (AvgIpc) is 2.63. The Bertz CT molecular complexity index is 544. The molecular formula is C20H30N2O2.